The highest BCUT2D eigenvalue weighted by Gasteiger charge is 2.37. The van der Waals surface area contributed by atoms with Gasteiger partial charge in [0.2, 0.25) is 0 Å². The summed E-state index contributed by atoms with van der Waals surface area (Å²) in [6.07, 6.45) is 11.6. The van der Waals surface area contributed by atoms with Crippen molar-refractivity contribution in [3.05, 3.63) is 0 Å². The van der Waals surface area contributed by atoms with Crippen molar-refractivity contribution in [1.82, 2.24) is 0 Å². The lowest BCUT2D eigenvalue weighted by atomic mass is 9.64. The Balaban J connectivity index is 1.81. The average molecular weight is 264 g/mol. The first-order valence-corrected chi connectivity index (χ1v) is 8.26. The van der Waals surface area contributed by atoms with E-state index in [4.69, 9.17) is 0 Å². The van der Waals surface area contributed by atoms with E-state index in [1.807, 2.05) is 6.92 Å². The van der Waals surface area contributed by atoms with E-state index in [2.05, 4.69) is 0 Å². The molecule has 2 saturated carbocycles. The van der Waals surface area contributed by atoms with E-state index in [0.29, 0.717) is 42.7 Å². The molecule has 0 bridgehead atoms. The van der Waals surface area contributed by atoms with Crippen LogP contribution in [0.3, 0.4) is 0 Å². The second-order valence-corrected chi connectivity index (χ2v) is 6.46. The van der Waals surface area contributed by atoms with Gasteiger partial charge in [0.15, 0.2) is 0 Å². The van der Waals surface area contributed by atoms with Crippen LogP contribution in [-0.2, 0) is 9.59 Å². The normalized spacial score (nSPS) is 30.7. The Labute approximate surface area is 117 Å². The Morgan fingerprint density at radius 3 is 2.47 bits per heavy atom. The van der Waals surface area contributed by atoms with Crippen molar-refractivity contribution in [3.63, 3.8) is 0 Å². The van der Waals surface area contributed by atoms with Crippen LogP contribution < -0.4 is 0 Å². The Kier molecular flexibility index (Phi) is 5.59. The molecule has 2 heteroatoms. The fraction of sp³-hybridized carbons (Fsp3) is 0.882. The molecule has 2 fully saturated rings. The van der Waals surface area contributed by atoms with Crippen LogP contribution in [0.15, 0.2) is 0 Å². The summed E-state index contributed by atoms with van der Waals surface area (Å²) in [4.78, 5) is 23.7. The number of carbonyl (C=O) groups excluding carboxylic acids is 2. The maximum atomic E-state index is 12.4. The smallest absolute Gasteiger partial charge is 0.136 e. The van der Waals surface area contributed by atoms with Gasteiger partial charge >= 0.3 is 0 Å². The minimum absolute atomic E-state index is 0.298. The predicted octanol–water partition coefficient (Wildman–Crippen LogP) is 4.31. The molecule has 108 valence electrons. The highest BCUT2D eigenvalue weighted by atomic mass is 16.1. The first kappa shape index (κ1) is 14.7. The molecule has 2 rings (SSSR count). The zero-order valence-electron chi connectivity index (χ0n) is 12.3. The largest absolute Gasteiger partial charge is 0.300 e. The SMILES string of the molecule is CCC(=O)CCCC(=O)C1CCCC2CCCCC21. The highest BCUT2D eigenvalue weighted by molar-refractivity contribution is 5.83. The van der Waals surface area contributed by atoms with E-state index in [9.17, 15) is 9.59 Å². The summed E-state index contributed by atoms with van der Waals surface area (Å²) in [7, 11) is 0. The summed E-state index contributed by atoms with van der Waals surface area (Å²) >= 11 is 0. The molecule has 0 N–H and O–H groups in total. The van der Waals surface area contributed by atoms with E-state index in [1.165, 1.54) is 38.5 Å². The van der Waals surface area contributed by atoms with E-state index < -0.39 is 0 Å². The maximum absolute atomic E-state index is 12.4. The Morgan fingerprint density at radius 2 is 1.68 bits per heavy atom. The summed E-state index contributed by atoms with van der Waals surface area (Å²) in [6, 6.07) is 0. The summed E-state index contributed by atoms with van der Waals surface area (Å²) in [6.45, 7) is 1.90. The molecule has 0 spiro atoms. The van der Waals surface area contributed by atoms with Gasteiger partial charge in [-0.25, -0.2) is 0 Å². The fourth-order valence-corrected chi connectivity index (χ4v) is 4.16. The van der Waals surface area contributed by atoms with Gasteiger partial charge in [0.05, 0.1) is 0 Å². The first-order valence-electron chi connectivity index (χ1n) is 8.26. The number of ketones is 2. The van der Waals surface area contributed by atoms with Crippen molar-refractivity contribution < 1.29 is 9.59 Å². The van der Waals surface area contributed by atoms with Crippen molar-refractivity contribution in [2.24, 2.45) is 17.8 Å². The summed E-state index contributed by atoms with van der Waals surface area (Å²) in [5, 5.41) is 0. The topological polar surface area (TPSA) is 34.1 Å². The zero-order chi connectivity index (χ0) is 13.7. The van der Waals surface area contributed by atoms with Crippen LogP contribution in [0.25, 0.3) is 0 Å². The summed E-state index contributed by atoms with van der Waals surface area (Å²) in [5.41, 5.74) is 0. The van der Waals surface area contributed by atoms with Crippen molar-refractivity contribution in [1.29, 1.82) is 0 Å². The van der Waals surface area contributed by atoms with E-state index in [-0.39, 0.29) is 0 Å². The molecule has 0 aromatic rings. The number of hydrogen-bond donors (Lipinski definition) is 0. The van der Waals surface area contributed by atoms with Gasteiger partial charge in [0.25, 0.3) is 0 Å². The Morgan fingerprint density at radius 1 is 0.947 bits per heavy atom. The van der Waals surface area contributed by atoms with Crippen LogP contribution in [0.1, 0.15) is 77.6 Å². The van der Waals surface area contributed by atoms with Crippen molar-refractivity contribution in [2.45, 2.75) is 77.6 Å². The third-order valence-corrected chi connectivity index (χ3v) is 5.26. The third-order valence-electron chi connectivity index (χ3n) is 5.26. The van der Waals surface area contributed by atoms with Crippen LogP contribution in [0, 0.1) is 17.8 Å². The van der Waals surface area contributed by atoms with Crippen LogP contribution in [0.4, 0.5) is 0 Å². The van der Waals surface area contributed by atoms with Gasteiger partial charge in [-0.1, -0.05) is 39.0 Å². The van der Waals surface area contributed by atoms with Crippen molar-refractivity contribution in [3.8, 4) is 0 Å². The standard InChI is InChI=1S/C17H28O2/c1-2-14(18)9-6-12-17(19)16-11-5-8-13-7-3-4-10-15(13)16/h13,15-16H,2-12H2,1H3. The van der Waals surface area contributed by atoms with Crippen LogP contribution in [0.2, 0.25) is 0 Å². The number of Topliss-reactive ketones (excluding diaryl/α,β-unsaturated/α-hetero) is 2. The van der Waals surface area contributed by atoms with Gasteiger partial charge in [-0.2, -0.15) is 0 Å². The van der Waals surface area contributed by atoms with Crippen molar-refractivity contribution >= 4 is 11.6 Å². The third kappa shape index (κ3) is 3.90. The molecular formula is C17H28O2. The monoisotopic (exact) mass is 264 g/mol. The van der Waals surface area contributed by atoms with Crippen LogP contribution in [0.5, 0.6) is 0 Å². The maximum Gasteiger partial charge on any atom is 0.136 e. The van der Waals surface area contributed by atoms with Crippen molar-refractivity contribution in [2.75, 3.05) is 0 Å². The summed E-state index contributed by atoms with van der Waals surface area (Å²) in [5.74, 6) is 2.59. The lowest BCUT2D eigenvalue weighted by molar-refractivity contribution is -0.127. The molecule has 2 aliphatic rings. The second-order valence-electron chi connectivity index (χ2n) is 6.46. The summed E-state index contributed by atoms with van der Waals surface area (Å²) < 4.78 is 0. The number of rotatable bonds is 6. The molecule has 2 aliphatic carbocycles. The van der Waals surface area contributed by atoms with E-state index in [0.717, 1.165) is 18.8 Å². The van der Waals surface area contributed by atoms with Gasteiger partial charge in [0, 0.05) is 25.2 Å². The Hall–Kier alpha value is -0.660. The number of fused-ring (bicyclic) bond motifs is 1. The lowest BCUT2D eigenvalue weighted by Gasteiger charge is -2.40. The lowest BCUT2D eigenvalue weighted by Crippen LogP contribution is -2.35. The fourth-order valence-electron chi connectivity index (χ4n) is 4.16. The quantitative estimate of drug-likeness (QED) is 0.716. The van der Waals surface area contributed by atoms with E-state index in [1.54, 1.807) is 0 Å². The number of carbonyl (C=O) groups is 2. The average Bonchev–Trinajstić information content (AvgIpc) is 2.46. The van der Waals surface area contributed by atoms with Gasteiger partial charge in [-0.3, -0.25) is 9.59 Å². The van der Waals surface area contributed by atoms with Gasteiger partial charge in [0.1, 0.15) is 11.6 Å². The van der Waals surface area contributed by atoms with Gasteiger partial charge in [-0.15, -0.1) is 0 Å². The molecular weight excluding hydrogens is 236 g/mol. The van der Waals surface area contributed by atoms with E-state index >= 15 is 0 Å². The Bertz CT molecular complexity index is 319. The molecule has 0 aromatic heterocycles. The molecule has 0 heterocycles. The molecule has 3 atom stereocenters. The van der Waals surface area contributed by atoms with Crippen LogP contribution >= 0.6 is 0 Å². The second kappa shape index (κ2) is 7.21. The minimum atomic E-state index is 0.298. The molecule has 19 heavy (non-hydrogen) atoms. The molecule has 0 saturated heterocycles. The molecule has 0 aliphatic heterocycles. The first-order chi connectivity index (χ1) is 9.22. The highest BCUT2D eigenvalue weighted by Crippen LogP contribution is 2.44. The zero-order valence-corrected chi connectivity index (χ0v) is 12.3. The molecule has 0 aromatic carbocycles. The van der Waals surface area contributed by atoms with Crippen LogP contribution in [-0.4, -0.2) is 11.6 Å². The molecule has 0 amide bonds. The number of hydrogen-bond acceptors (Lipinski definition) is 2. The van der Waals surface area contributed by atoms with Gasteiger partial charge in [-0.05, 0) is 31.1 Å². The van der Waals surface area contributed by atoms with Gasteiger partial charge < -0.3 is 0 Å². The minimum Gasteiger partial charge on any atom is -0.300 e. The molecule has 3 unspecified atom stereocenters. The predicted molar refractivity (Wildman–Crippen MR) is 76.9 cm³/mol. The molecule has 0 radical (unpaired) electrons. The molecule has 2 nitrogen and oxygen atoms in total.